The van der Waals surface area contributed by atoms with Crippen molar-refractivity contribution in [1.29, 1.82) is 0 Å². The summed E-state index contributed by atoms with van der Waals surface area (Å²) in [4.78, 5) is 98.9. The Hall–Kier alpha value is -3.21. The van der Waals surface area contributed by atoms with Gasteiger partial charge >= 0.3 is 0 Å². The molecular formula is C40H62N4O7. The number of nitrogens with one attached hydrogen (secondary N) is 1. The first kappa shape index (κ1) is 40.6. The van der Waals surface area contributed by atoms with Crippen LogP contribution in [0.25, 0.3) is 0 Å². The Morgan fingerprint density at radius 3 is 2.12 bits per heavy atom. The molecule has 4 fully saturated rings. The molecule has 3 saturated heterocycles. The highest BCUT2D eigenvalue weighted by Crippen LogP contribution is 2.65. The van der Waals surface area contributed by atoms with Crippen LogP contribution in [0.1, 0.15) is 112 Å². The molecule has 4 rings (SSSR count). The molecule has 11 heteroatoms. The SMILES string of the molecule is C=CCNC(=O)C(=O)[C@@H]1CCCCCCCCC[C@H](CC(=O)C[C@H](CN2C(=O)CN(C)CC2=O)C(C)(C)C)C(=O)N2C[C@H]3[C@@H]([C@H]2C(=O)C1)C3(C)C. The number of hydrogen-bond donors (Lipinski definition) is 1. The molecule has 0 unspecified atom stereocenters. The van der Waals surface area contributed by atoms with Gasteiger partial charge in [0.1, 0.15) is 5.78 Å². The fourth-order valence-electron chi connectivity index (χ4n) is 8.75. The number of fused-ring (bicyclic) bond motifs is 3. The highest BCUT2D eigenvalue weighted by Gasteiger charge is 2.69. The van der Waals surface area contributed by atoms with E-state index in [4.69, 9.17) is 0 Å². The van der Waals surface area contributed by atoms with Crippen molar-refractivity contribution in [3.63, 3.8) is 0 Å². The summed E-state index contributed by atoms with van der Waals surface area (Å²) in [6.45, 7) is 14.9. The highest BCUT2D eigenvalue weighted by atomic mass is 16.2. The van der Waals surface area contributed by atoms with Crippen LogP contribution in [0, 0.1) is 40.4 Å². The van der Waals surface area contributed by atoms with Gasteiger partial charge in [0.2, 0.25) is 23.5 Å². The van der Waals surface area contributed by atoms with Gasteiger partial charge in [0.05, 0.1) is 19.1 Å². The third kappa shape index (κ3) is 10.0. The third-order valence-electron chi connectivity index (χ3n) is 12.2. The quantitative estimate of drug-likeness (QED) is 0.200. The maximum atomic E-state index is 14.5. The molecule has 0 aromatic heterocycles. The van der Waals surface area contributed by atoms with Crippen molar-refractivity contribution in [2.75, 3.05) is 39.8 Å². The number of carbonyl (C=O) groups is 7. The zero-order valence-corrected chi connectivity index (χ0v) is 32.0. The van der Waals surface area contributed by atoms with Crippen molar-refractivity contribution in [1.82, 2.24) is 20.0 Å². The first-order valence-electron chi connectivity index (χ1n) is 19.3. The van der Waals surface area contributed by atoms with Gasteiger partial charge in [0.25, 0.3) is 5.91 Å². The van der Waals surface area contributed by atoms with E-state index in [9.17, 15) is 33.6 Å². The zero-order valence-electron chi connectivity index (χ0n) is 32.0. The van der Waals surface area contributed by atoms with E-state index in [0.29, 0.717) is 19.4 Å². The van der Waals surface area contributed by atoms with Crippen molar-refractivity contribution >= 4 is 41.0 Å². The molecular weight excluding hydrogens is 648 g/mol. The second-order valence-electron chi connectivity index (χ2n) is 17.4. The number of piperazine rings is 1. The fraction of sp³-hybridized carbons (Fsp3) is 0.775. The molecule has 284 valence electrons. The number of ketones is 3. The van der Waals surface area contributed by atoms with Crippen LogP contribution in [0.2, 0.25) is 0 Å². The first-order valence-corrected chi connectivity index (χ1v) is 19.3. The Kier molecular flexibility index (Phi) is 13.6. The lowest BCUT2D eigenvalue weighted by Gasteiger charge is -2.37. The van der Waals surface area contributed by atoms with E-state index < -0.39 is 29.6 Å². The lowest BCUT2D eigenvalue weighted by molar-refractivity contribution is -0.152. The molecule has 51 heavy (non-hydrogen) atoms. The number of hydrogen-bond acceptors (Lipinski definition) is 8. The molecule has 3 aliphatic heterocycles. The molecule has 3 heterocycles. The summed E-state index contributed by atoms with van der Waals surface area (Å²) in [6.07, 6.45) is 8.98. The molecule has 6 atom stereocenters. The van der Waals surface area contributed by atoms with Crippen molar-refractivity contribution in [2.24, 2.45) is 40.4 Å². The molecule has 1 N–H and O–H groups in total. The number of nitrogens with zero attached hydrogens (tertiary/aromatic N) is 3. The van der Waals surface area contributed by atoms with Gasteiger partial charge in [-0.3, -0.25) is 43.4 Å². The Morgan fingerprint density at radius 2 is 1.53 bits per heavy atom. The predicted molar refractivity (Wildman–Crippen MR) is 194 cm³/mol. The second-order valence-corrected chi connectivity index (χ2v) is 17.4. The maximum Gasteiger partial charge on any atom is 0.287 e. The lowest BCUT2D eigenvalue weighted by atomic mass is 9.76. The van der Waals surface area contributed by atoms with Gasteiger partial charge in [-0.2, -0.15) is 0 Å². The number of Topliss-reactive ketones (excluding diaryl/α,β-unsaturated/α-hetero) is 3. The number of rotatable bonds is 10. The molecule has 0 spiro atoms. The van der Waals surface area contributed by atoms with E-state index in [-0.39, 0.29) is 103 Å². The molecule has 1 aliphatic carbocycles. The first-order chi connectivity index (χ1) is 24.0. The molecule has 11 nitrogen and oxygen atoms in total. The average Bonchev–Trinajstić information content (AvgIpc) is 3.35. The van der Waals surface area contributed by atoms with Crippen LogP contribution in [0.3, 0.4) is 0 Å². The van der Waals surface area contributed by atoms with Gasteiger partial charge in [-0.15, -0.1) is 6.58 Å². The van der Waals surface area contributed by atoms with Crippen LogP contribution in [0.5, 0.6) is 0 Å². The van der Waals surface area contributed by atoms with Crippen LogP contribution >= 0.6 is 0 Å². The van der Waals surface area contributed by atoms with Gasteiger partial charge in [0, 0.05) is 50.7 Å². The Morgan fingerprint density at radius 1 is 0.941 bits per heavy atom. The molecule has 0 bridgehead atoms. The molecule has 4 aliphatic rings. The largest absolute Gasteiger partial charge is 0.346 e. The van der Waals surface area contributed by atoms with Gasteiger partial charge in [-0.1, -0.05) is 85.6 Å². The predicted octanol–water partition coefficient (Wildman–Crippen LogP) is 4.37. The maximum absolute atomic E-state index is 14.5. The number of amides is 4. The van der Waals surface area contributed by atoms with Crippen LogP contribution < -0.4 is 5.32 Å². The van der Waals surface area contributed by atoms with Gasteiger partial charge in [-0.25, -0.2) is 0 Å². The van der Waals surface area contributed by atoms with Gasteiger partial charge in [-0.05, 0) is 48.5 Å². The molecule has 0 radical (unpaired) electrons. The van der Waals surface area contributed by atoms with Crippen molar-refractivity contribution in [2.45, 2.75) is 118 Å². The van der Waals surface area contributed by atoms with Crippen molar-refractivity contribution < 1.29 is 33.6 Å². The van der Waals surface area contributed by atoms with Crippen molar-refractivity contribution in [3.8, 4) is 0 Å². The lowest BCUT2D eigenvalue weighted by Crippen LogP contribution is -2.54. The van der Waals surface area contributed by atoms with Crippen LogP contribution in [-0.2, 0) is 33.6 Å². The molecule has 0 aromatic rings. The Balaban J connectivity index is 1.55. The summed E-state index contributed by atoms with van der Waals surface area (Å²) < 4.78 is 0. The minimum Gasteiger partial charge on any atom is -0.346 e. The monoisotopic (exact) mass is 710 g/mol. The topological polar surface area (TPSA) is 141 Å². The van der Waals surface area contributed by atoms with E-state index in [1.807, 2.05) is 20.8 Å². The van der Waals surface area contributed by atoms with E-state index in [1.165, 1.54) is 11.0 Å². The standard InChI is InChI=1S/C40H62N4O7/c1-8-18-41-37(50)36(49)26-16-14-12-10-9-11-13-15-17-27(38(51)44-23-30-34(40(30,5)6)35(44)31(46)20-26)19-29(45)21-28(39(2,3)4)22-43-32(47)24-42(7)25-33(43)48/h8,26-28,30,34-35H,1,9-25H2,2-7H3,(H,41,50)/t26-,27-,28-,30+,34+,35-/m1/s1. The van der Waals surface area contributed by atoms with Gasteiger partial charge < -0.3 is 10.2 Å². The van der Waals surface area contributed by atoms with Gasteiger partial charge in [0.15, 0.2) is 5.78 Å². The zero-order chi connectivity index (χ0) is 37.7. The summed E-state index contributed by atoms with van der Waals surface area (Å²) >= 11 is 0. The van der Waals surface area contributed by atoms with E-state index in [1.54, 1.807) is 16.8 Å². The Labute approximate surface area is 304 Å². The Bertz CT molecular complexity index is 1350. The summed E-state index contributed by atoms with van der Waals surface area (Å²) in [7, 11) is 1.73. The van der Waals surface area contributed by atoms with E-state index in [2.05, 4.69) is 25.7 Å². The number of imide groups is 1. The summed E-state index contributed by atoms with van der Waals surface area (Å²) in [5.41, 5.74) is -0.498. The number of likely N-dealkylation sites (N-methyl/N-ethyl adjacent to an activating group) is 1. The van der Waals surface area contributed by atoms with Crippen molar-refractivity contribution in [3.05, 3.63) is 12.7 Å². The smallest absolute Gasteiger partial charge is 0.287 e. The molecule has 1 saturated carbocycles. The summed E-state index contributed by atoms with van der Waals surface area (Å²) in [5, 5.41) is 2.57. The minimum atomic E-state index is -0.751. The number of carbonyl (C=O) groups excluding carboxylic acids is 7. The van der Waals surface area contributed by atoms with Crippen LogP contribution in [0.15, 0.2) is 12.7 Å². The third-order valence-corrected chi connectivity index (χ3v) is 12.2. The summed E-state index contributed by atoms with van der Waals surface area (Å²) in [6, 6.07) is -0.689. The fourth-order valence-corrected chi connectivity index (χ4v) is 8.75. The summed E-state index contributed by atoms with van der Waals surface area (Å²) in [5.74, 6) is -3.77. The van der Waals surface area contributed by atoms with Crippen LogP contribution in [-0.4, -0.2) is 101 Å². The highest BCUT2D eigenvalue weighted by molar-refractivity contribution is 6.37. The van der Waals surface area contributed by atoms with Crippen LogP contribution in [0.4, 0.5) is 0 Å². The van der Waals surface area contributed by atoms with E-state index >= 15 is 0 Å². The molecule has 0 aromatic carbocycles. The number of piperidine rings is 1. The average molecular weight is 711 g/mol. The van der Waals surface area contributed by atoms with E-state index in [0.717, 1.165) is 44.9 Å². The second kappa shape index (κ2) is 17.1. The normalized spacial score (nSPS) is 28.9. The molecule has 4 amide bonds. The minimum absolute atomic E-state index is 0.0292.